The summed E-state index contributed by atoms with van der Waals surface area (Å²) < 4.78 is 96.4. The Balaban J connectivity index is 0.00000486. The molecule has 102 heavy (non-hydrogen) atoms. The molecule has 2 atom stereocenters. The van der Waals surface area contributed by atoms with Crippen molar-refractivity contribution in [1.29, 1.82) is 0 Å². The molecule has 0 unspecified atom stereocenters. The number of hydrogen-bond acceptors (Lipinski definition) is 10. The van der Waals surface area contributed by atoms with Gasteiger partial charge in [-0.25, -0.2) is 4.79 Å². The van der Waals surface area contributed by atoms with Gasteiger partial charge >= 0.3 is 18.4 Å². The van der Waals surface area contributed by atoms with Gasteiger partial charge < -0.3 is 49.3 Å². The largest absolute Gasteiger partial charge is 0.465 e. The molecule has 1 spiro atoms. The van der Waals surface area contributed by atoms with Gasteiger partial charge in [-0.1, -0.05) is 108 Å². The minimum Gasteiger partial charge on any atom is -0.465 e. The summed E-state index contributed by atoms with van der Waals surface area (Å²) in [5.41, 5.74) is 1.23. The van der Waals surface area contributed by atoms with Crippen molar-refractivity contribution in [1.82, 2.24) is 29.4 Å². The van der Waals surface area contributed by atoms with Crippen molar-refractivity contribution in [2.45, 2.75) is 106 Å². The molecular weight excluding hydrogens is 1430 g/mol. The van der Waals surface area contributed by atoms with Gasteiger partial charge in [-0.2, -0.15) is 26.3 Å². The number of ether oxygens (including phenoxy) is 2. The second kappa shape index (κ2) is 36.7. The molecule has 0 saturated carbocycles. The van der Waals surface area contributed by atoms with Crippen LogP contribution in [-0.4, -0.2) is 189 Å². The summed E-state index contributed by atoms with van der Waals surface area (Å²) in [5.74, 6) is -1.23. The Morgan fingerprint density at radius 2 is 1.27 bits per heavy atom. The Morgan fingerprint density at radius 3 is 1.94 bits per heavy atom. The molecule has 27 heteroatoms. The number of amides is 5. The fourth-order valence-corrected chi connectivity index (χ4v) is 14.7. The average Bonchev–Trinajstić information content (AvgIpc) is 1.56. The number of carbonyl (C=O) groups excluding carboxylic acids is 4. The van der Waals surface area contributed by atoms with E-state index in [4.69, 9.17) is 32.7 Å². The van der Waals surface area contributed by atoms with Gasteiger partial charge in [-0.15, -0.1) is 37.2 Å². The van der Waals surface area contributed by atoms with Gasteiger partial charge in [-0.3, -0.25) is 24.1 Å². The molecule has 554 valence electrons. The smallest absolute Gasteiger partial charge is 0.416 e. The van der Waals surface area contributed by atoms with Gasteiger partial charge in [-0.05, 0) is 154 Å². The van der Waals surface area contributed by atoms with Crippen LogP contribution in [0.5, 0.6) is 0 Å². The molecule has 0 bridgehead atoms. The Bertz CT molecular complexity index is 3760. The number of para-hydroxylation sites is 1. The lowest BCUT2D eigenvalue weighted by atomic mass is 9.72. The molecule has 3 heterocycles. The molecule has 3 aliphatic heterocycles. The third kappa shape index (κ3) is 20.3. The van der Waals surface area contributed by atoms with Gasteiger partial charge in [0.25, 0.3) is 11.8 Å². The van der Waals surface area contributed by atoms with E-state index in [-0.39, 0.29) is 116 Å². The average molecular weight is 1520 g/mol. The number of likely N-dealkylation sites (tertiary alicyclic amines) is 2. The van der Waals surface area contributed by atoms with E-state index in [2.05, 4.69) is 27.2 Å². The number of unbranched alkanes of at least 4 members (excludes halogenated alkanes) is 2. The van der Waals surface area contributed by atoms with Crippen LogP contribution in [0.3, 0.4) is 0 Å². The van der Waals surface area contributed by atoms with Crippen LogP contribution in [0.1, 0.15) is 113 Å². The van der Waals surface area contributed by atoms with Crippen LogP contribution in [0.25, 0.3) is 11.1 Å². The van der Waals surface area contributed by atoms with E-state index in [1.165, 1.54) is 15.4 Å². The molecule has 6 aromatic rings. The highest BCUT2D eigenvalue weighted by atomic mass is 35.5. The van der Waals surface area contributed by atoms with Crippen LogP contribution in [-0.2, 0) is 48.9 Å². The SMILES string of the molecule is CN(CCN1CCC(N(C(=O)O)c2ccccc2-c2ccccc2)CC1)C(=O)CCCCCNc1ccc(C(=O)N(C)CCCN(C)C(=O)CO[C@H]2Cc3ccccc3C23CCN(CC[C@@]2(c4ccc(Cl)c(Cl)c4)CN(C(=O)c4cc(C(F)(F)F)cc(C(F)(F)F)c4)CCO2)CC3)cc1.Cl.Cl.Cl. The third-order valence-electron chi connectivity index (χ3n) is 20.2. The molecule has 3 fully saturated rings. The number of fused-ring (bicyclic) bond motifs is 2. The first-order valence-corrected chi connectivity index (χ1v) is 34.6. The van der Waals surface area contributed by atoms with Gasteiger partial charge in [0.2, 0.25) is 11.8 Å². The molecule has 3 saturated heterocycles. The van der Waals surface area contributed by atoms with E-state index in [1.54, 1.807) is 59.1 Å². The van der Waals surface area contributed by atoms with E-state index in [0.717, 1.165) is 61.3 Å². The highest BCUT2D eigenvalue weighted by Gasteiger charge is 2.50. The van der Waals surface area contributed by atoms with Crippen LogP contribution in [0, 0.1) is 0 Å². The second-order valence-electron chi connectivity index (χ2n) is 26.5. The van der Waals surface area contributed by atoms with Crippen LogP contribution in [0.15, 0.2) is 140 Å². The molecule has 5 amide bonds. The zero-order chi connectivity index (χ0) is 70.7. The summed E-state index contributed by atoms with van der Waals surface area (Å²) >= 11 is 12.8. The first-order valence-electron chi connectivity index (χ1n) is 33.9. The number of carboxylic acid groups (broad SMARTS) is 1. The maximum atomic E-state index is 14.0. The number of benzene rings is 6. The van der Waals surface area contributed by atoms with Gasteiger partial charge in [0.15, 0.2) is 0 Å². The molecule has 1 aliphatic carbocycles. The molecule has 4 aliphatic rings. The van der Waals surface area contributed by atoms with E-state index >= 15 is 0 Å². The summed E-state index contributed by atoms with van der Waals surface area (Å²) in [4.78, 5) is 79.3. The number of halogens is 11. The molecule has 0 aromatic heterocycles. The zero-order valence-corrected chi connectivity index (χ0v) is 61.3. The van der Waals surface area contributed by atoms with Crippen molar-refractivity contribution in [3.05, 3.63) is 189 Å². The van der Waals surface area contributed by atoms with Crippen LogP contribution >= 0.6 is 60.4 Å². The number of alkyl halides is 6. The molecule has 10 rings (SSSR count). The van der Waals surface area contributed by atoms with Gasteiger partial charge in [0.1, 0.15) is 12.2 Å². The molecular formula is C75H89Cl5F6N8O8. The molecule has 0 radical (unpaired) electrons. The zero-order valence-electron chi connectivity index (χ0n) is 57.3. The standard InChI is InChI=1S/C75H86Cl2F6N8O8.3ClH/c1-85(34-14-35-87(3)69(94)53-22-25-59(26-23-53)84-33-13-5-8-21-67(92)86(2)41-42-88-36-28-60(29-37-88)91(71(96)97)65-20-12-10-18-61(65)52-15-6-4-7-16-52)68(93)50-98-66-47-54-17-9-11-19-62(54)72(66)30-38-89(39-31-72)40-32-73(56-24-27-63(76)64(77)49-56)51-90(43-44-99-73)70(95)55-45-57(74(78,79)80)48-58(46-55)75(81,82)83;;;/h4,6-7,9-12,15-20,22-27,45-46,48-49,60,66,84H,5,8,13-14,21,28-44,47,50-51H2,1-3H3,(H,96,97);3*1H/t66-,73-;;;/m0.../s1. The van der Waals surface area contributed by atoms with Gasteiger partial charge in [0.05, 0.1) is 46.1 Å². The summed E-state index contributed by atoms with van der Waals surface area (Å²) in [6.45, 7) is 5.52. The topological polar surface area (TPSA) is 159 Å². The van der Waals surface area contributed by atoms with Crippen LogP contribution in [0.2, 0.25) is 10.0 Å². The fourth-order valence-electron chi connectivity index (χ4n) is 14.4. The van der Waals surface area contributed by atoms with E-state index < -0.39 is 52.1 Å². The van der Waals surface area contributed by atoms with Crippen molar-refractivity contribution in [2.24, 2.45) is 0 Å². The highest BCUT2D eigenvalue weighted by molar-refractivity contribution is 6.42. The number of hydrogen-bond donors (Lipinski definition) is 2. The lowest BCUT2D eigenvalue weighted by molar-refractivity contribution is -0.143. The quantitative estimate of drug-likeness (QED) is 0.0393. The Hall–Kier alpha value is -6.86. The monoisotopic (exact) mass is 1520 g/mol. The number of piperidine rings is 2. The minimum absolute atomic E-state index is 0. The Kier molecular flexibility index (Phi) is 29.7. The van der Waals surface area contributed by atoms with Gasteiger partial charge in [0, 0.05) is 120 Å². The number of rotatable bonds is 26. The summed E-state index contributed by atoms with van der Waals surface area (Å²) in [7, 11) is 5.30. The fraction of sp³-hybridized carbons (Fsp3) is 0.453. The molecule has 2 N–H and O–H groups in total. The van der Waals surface area contributed by atoms with E-state index in [9.17, 15) is 55.4 Å². The Labute approximate surface area is 621 Å². The maximum absolute atomic E-state index is 14.0. The first kappa shape index (κ1) is 82.4. The van der Waals surface area contributed by atoms with E-state index in [1.807, 2.05) is 85.9 Å². The summed E-state index contributed by atoms with van der Waals surface area (Å²) in [5, 5.41) is 14.2. The Morgan fingerprint density at radius 1 is 0.647 bits per heavy atom. The van der Waals surface area contributed by atoms with Crippen LogP contribution < -0.4 is 10.2 Å². The lowest BCUT2D eigenvalue weighted by Gasteiger charge is -2.46. The predicted molar refractivity (Wildman–Crippen MR) is 392 cm³/mol. The highest BCUT2D eigenvalue weighted by Crippen LogP contribution is 2.49. The maximum Gasteiger partial charge on any atom is 0.416 e. The third-order valence-corrected chi connectivity index (χ3v) is 20.9. The van der Waals surface area contributed by atoms with Crippen molar-refractivity contribution in [2.75, 3.05) is 123 Å². The van der Waals surface area contributed by atoms with Crippen molar-refractivity contribution in [3.63, 3.8) is 0 Å². The normalized spacial score (nSPS) is 17.7. The summed E-state index contributed by atoms with van der Waals surface area (Å²) in [6.07, 6.45) is -4.38. The molecule has 16 nitrogen and oxygen atoms in total. The van der Waals surface area contributed by atoms with Crippen molar-refractivity contribution >= 4 is 102 Å². The lowest BCUT2D eigenvalue weighted by Crippen LogP contribution is -2.54. The number of morpholine rings is 1. The minimum atomic E-state index is -5.14. The number of anilines is 2. The first-order chi connectivity index (χ1) is 47.3. The number of carbonyl (C=O) groups is 5. The number of nitrogens with one attached hydrogen (secondary N) is 1. The number of nitrogens with zero attached hydrogens (tertiary/aromatic N) is 7. The van der Waals surface area contributed by atoms with Crippen molar-refractivity contribution < 1.29 is 64.9 Å². The van der Waals surface area contributed by atoms with E-state index in [0.29, 0.717) is 120 Å². The molecule has 6 aromatic carbocycles. The summed E-state index contributed by atoms with van der Waals surface area (Å²) in [6, 6.07) is 38.6. The van der Waals surface area contributed by atoms with Crippen molar-refractivity contribution in [3.8, 4) is 11.1 Å². The number of likely N-dealkylation sites (N-methyl/N-ethyl adjacent to an activating group) is 2. The second-order valence-corrected chi connectivity index (χ2v) is 27.4. The van der Waals surface area contributed by atoms with Crippen LogP contribution in [0.4, 0.5) is 42.5 Å². The predicted octanol–water partition coefficient (Wildman–Crippen LogP) is 15.4.